The third-order valence-electron chi connectivity index (χ3n) is 4.25. The first kappa shape index (κ1) is 18.7. The van der Waals surface area contributed by atoms with Crippen LogP contribution >= 0.6 is 0 Å². The van der Waals surface area contributed by atoms with Crippen molar-refractivity contribution in [3.05, 3.63) is 18.2 Å². The van der Waals surface area contributed by atoms with Gasteiger partial charge in [-0.25, -0.2) is 12.7 Å². The third kappa shape index (κ3) is 4.27. The van der Waals surface area contributed by atoms with Crippen LogP contribution in [0.5, 0.6) is 5.75 Å². The zero-order valence-corrected chi connectivity index (χ0v) is 15.4. The molecule has 0 radical (unpaired) electrons. The van der Waals surface area contributed by atoms with Gasteiger partial charge in [0.05, 0.1) is 6.61 Å². The zero-order chi connectivity index (χ0) is 17.7. The highest BCUT2D eigenvalue weighted by Crippen LogP contribution is 2.30. The predicted molar refractivity (Wildman–Crippen MR) is 93.7 cm³/mol. The molecule has 0 atom stereocenters. The average Bonchev–Trinajstić information content (AvgIpc) is 2.57. The van der Waals surface area contributed by atoms with E-state index in [2.05, 4.69) is 5.32 Å². The van der Waals surface area contributed by atoms with Crippen molar-refractivity contribution < 1.29 is 17.9 Å². The molecule has 7 heteroatoms. The van der Waals surface area contributed by atoms with Gasteiger partial charge in [0, 0.05) is 25.7 Å². The number of anilines is 1. The number of carbonyl (C=O) groups excluding carboxylic acids is 1. The van der Waals surface area contributed by atoms with E-state index in [0.29, 0.717) is 18.0 Å². The van der Waals surface area contributed by atoms with Crippen LogP contribution in [0.1, 0.15) is 39.0 Å². The summed E-state index contributed by atoms with van der Waals surface area (Å²) in [4.78, 5) is 12.4. The predicted octanol–water partition coefficient (Wildman–Crippen LogP) is 2.85. The van der Waals surface area contributed by atoms with Crippen molar-refractivity contribution in [3.63, 3.8) is 0 Å². The van der Waals surface area contributed by atoms with Crippen LogP contribution in [0.4, 0.5) is 5.69 Å². The lowest BCUT2D eigenvalue weighted by atomic mass is 9.88. The highest BCUT2D eigenvalue weighted by molar-refractivity contribution is 7.89. The fourth-order valence-electron chi connectivity index (χ4n) is 2.87. The lowest BCUT2D eigenvalue weighted by Crippen LogP contribution is -2.25. The second-order valence-corrected chi connectivity index (χ2v) is 8.33. The summed E-state index contributed by atoms with van der Waals surface area (Å²) in [5.41, 5.74) is 0.481. The number of ether oxygens (including phenoxy) is 1. The standard InChI is InChI=1S/C17H26N2O4S/c1-4-23-15-11-10-14(12-16(15)24(21,22)19(2)3)18-17(20)13-8-6-5-7-9-13/h10-13H,4-9H2,1-3H3,(H,18,20). The first-order valence-electron chi connectivity index (χ1n) is 8.36. The number of hydrogen-bond donors (Lipinski definition) is 1. The normalized spacial score (nSPS) is 16.2. The van der Waals surface area contributed by atoms with Gasteiger partial charge >= 0.3 is 0 Å². The van der Waals surface area contributed by atoms with E-state index in [-0.39, 0.29) is 16.7 Å². The fraction of sp³-hybridized carbons (Fsp3) is 0.588. The summed E-state index contributed by atoms with van der Waals surface area (Å²) >= 11 is 0. The Kier molecular flexibility index (Phi) is 6.23. The molecule has 2 rings (SSSR count). The zero-order valence-electron chi connectivity index (χ0n) is 14.5. The van der Waals surface area contributed by atoms with Gasteiger partial charge in [-0.05, 0) is 38.0 Å². The number of nitrogens with one attached hydrogen (secondary N) is 1. The van der Waals surface area contributed by atoms with Gasteiger partial charge in [-0.15, -0.1) is 0 Å². The SMILES string of the molecule is CCOc1ccc(NC(=O)C2CCCCC2)cc1S(=O)(=O)N(C)C. The number of sulfonamides is 1. The topological polar surface area (TPSA) is 75.7 Å². The van der Waals surface area contributed by atoms with Crippen LogP contribution < -0.4 is 10.1 Å². The lowest BCUT2D eigenvalue weighted by molar-refractivity contribution is -0.120. The lowest BCUT2D eigenvalue weighted by Gasteiger charge is -2.21. The van der Waals surface area contributed by atoms with Crippen LogP contribution in [0.3, 0.4) is 0 Å². The summed E-state index contributed by atoms with van der Waals surface area (Å²) in [6.45, 7) is 2.16. The van der Waals surface area contributed by atoms with Crippen molar-refractivity contribution in [1.29, 1.82) is 0 Å². The molecule has 0 aliphatic heterocycles. The molecule has 1 saturated carbocycles. The van der Waals surface area contributed by atoms with E-state index in [1.807, 2.05) is 0 Å². The molecule has 1 fully saturated rings. The Labute approximate surface area is 144 Å². The van der Waals surface area contributed by atoms with E-state index in [0.717, 1.165) is 30.0 Å². The number of benzene rings is 1. The molecule has 24 heavy (non-hydrogen) atoms. The number of carbonyl (C=O) groups is 1. The van der Waals surface area contributed by atoms with Gasteiger partial charge in [-0.1, -0.05) is 19.3 Å². The van der Waals surface area contributed by atoms with Crippen molar-refractivity contribution >= 4 is 21.6 Å². The molecule has 0 unspecified atom stereocenters. The molecular weight excluding hydrogens is 328 g/mol. The van der Waals surface area contributed by atoms with Crippen LogP contribution in [-0.4, -0.2) is 39.3 Å². The molecule has 1 aromatic carbocycles. The molecule has 0 saturated heterocycles. The molecule has 134 valence electrons. The number of amides is 1. The summed E-state index contributed by atoms with van der Waals surface area (Å²) in [6.07, 6.45) is 5.11. The van der Waals surface area contributed by atoms with Gasteiger partial charge in [0.2, 0.25) is 15.9 Å². The monoisotopic (exact) mass is 354 g/mol. The van der Waals surface area contributed by atoms with E-state index < -0.39 is 10.0 Å². The number of nitrogens with zero attached hydrogens (tertiary/aromatic N) is 1. The molecule has 0 spiro atoms. The Bertz CT molecular complexity index is 680. The summed E-state index contributed by atoms with van der Waals surface area (Å²) in [5.74, 6) is 0.271. The van der Waals surface area contributed by atoms with E-state index in [9.17, 15) is 13.2 Å². The molecule has 1 aromatic rings. The molecule has 1 aliphatic rings. The van der Waals surface area contributed by atoms with Crippen molar-refractivity contribution in [3.8, 4) is 5.75 Å². The molecule has 1 N–H and O–H groups in total. The summed E-state index contributed by atoms with van der Waals surface area (Å²) in [6, 6.07) is 4.75. The van der Waals surface area contributed by atoms with Crippen LogP contribution in [0.15, 0.2) is 23.1 Å². The van der Waals surface area contributed by atoms with Gasteiger partial charge < -0.3 is 10.1 Å². The second-order valence-electron chi connectivity index (χ2n) is 6.21. The molecule has 6 nitrogen and oxygen atoms in total. The molecular formula is C17H26N2O4S. The maximum atomic E-state index is 12.5. The first-order valence-corrected chi connectivity index (χ1v) is 9.80. The van der Waals surface area contributed by atoms with Crippen molar-refractivity contribution in [1.82, 2.24) is 4.31 Å². The molecule has 1 aliphatic carbocycles. The van der Waals surface area contributed by atoms with Gasteiger partial charge in [0.1, 0.15) is 10.6 Å². The Morgan fingerprint density at radius 2 is 1.92 bits per heavy atom. The van der Waals surface area contributed by atoms with Gasteiger partial charge in [0.25, 0.3) is 0 Å². The molecule has 0 aromatic heterocycles. The smallest absolute Gasteiger partial charge is 0.246 e. The number of rotatable bonds is 6. The fourth-order valence-corrected chi connectivity index (χ4v) is 3.92. The highest BCUT2D eigenvalue weighted by Gasteiger charge is 2.25. The largest absolute Gasteiger partial charge is 0.492 e. The van der Waals surface area contributed by atoms with Crippen molar-refractivity contribution in [2.24, 2.45) is 5.92 Å². The van der Waals surface area contributed by atoms with E-state index >= 15 is 0 Å². The maximum absolute atomic E-state index is 12.5. The molecule has 0 heterocycles. The number of hydrogen-bond acceptors (Lipinski definition) is 4. The average molecular weight is 354 g/mol. The Morgan fingerprint density at radius 1 is 1.25 bits per heavy atom. The first-order chi connectivity index (χ1) is 11.4. The second kappa shape index (κ2) is 7.98. The minimum Gasteiger partial charge on any atom is -0.492 e. The minimum atomic E-state index is -3.66. The van der Waals surface area contributed by atoms with Crippen LogP contribution in [0, 0.1) is 5.92 Å². The Balaban J connectivity index is 2.27. The Hall–Kier alpha value is -1.60. The van der Waals surface area contributed by atoms with Crippen LogP contribution in [0.2, 0.25) is 0 Å². The third-order valence-corrected chi connectivity index (χ3v) is 6.08. The maximum Gasteiger partial charge on any atom is 0.246 e. The Morgan fingerprint density at radius 3 is 2.50 bits per heavy atom. The summed E-state index contributed by atoms with van der Waals surface area (Å²) < 4.78 is 31.6. The van der Waals surface area contributed by atoms with Crippen LogP contribution in [0.25, 0.3) is 0 Å². The quantitative estimate of drug-likeness (QED) is 0.852. The van der Waals surface area contributed by atoms with Crippen molar-refractivity contribution in [2.45, 2.75) is 43.9 Å². The highest BCUT2D eigenvalue weighted by atomic mass is 32.2. The van der Waals surface area contributed by atoms with Gasteiger partial charge in [-0.3, -0.25) is 4.79 Å². The van der Waals surface area contributed by atoms with Crippen LogP contribution in [-0.2, 0) is 14.8 Å². The van der Waals surface area contributed by atoms with E-state index in [1.165, 1.54) is 26.6 Å². The molecule has 1 amide bonds. The van der Waals surface area contributed by atoms with Gasteiger partial charge in [-0.2, -0.15) is 0 Å². The minimum absolute atomic E-state index is 0.0132. The summed E-state index contributed by atoms with van der Waals surface area (Å²) in [5, 5.41) is 2.85. The van der Waals surface area contributed by atoms with E-state index in [4.69, 9.17) is 4.74 Å². The van der Waals surface area contributed by atoms with Gasteiger partial charge in [0.15, 0.2) is 0 Å². The summed E-state index contributed by atoms with van der Waals surface area (Å²) in [7, 11) is -0.715. The van der Waals surface area contributed by atoms with Crippen molar-refractivity contribution in [2.75, 3.05) is 26.0 Å². The van der Waals surface area contributed by atoms with E-state index in [1.54, 1.807) is 19.1 Å². The molecule has 0 bridgehead atoms.